The highest BCUT2D eigenvalue weighted by Crippen LogP contribution is 2.22. The van der Waals surface area contributed by atoms with E-state index in [0.717, 1.165) is 27.6 Å². The molecule has 1 amide bonds. The maximum absolute atomic E-state index is 13.0. The summed E-state index contributed by atoms with van der Waals surface area (Å²) < 4.78 is 13.0. The van der Waals surface area contributed by atoms with Crippen molar-refractivity contribution in [1.29, 1.82) is 0 Å². The van der Waals surface area contributed by atoms with Crippen molar-refractivity contribution in [2.45, 2.75) is 19.9 Å². The molecule has 1 aromatic carbocycles. The van der Waals surface area contributed by atoms with Gasteiger partial charge in [-0.3, -0.25) is 4.79 Å². The van der Waals surface area contributed by atoms with E-state index in [-0.39, 0.29) is 11.7 Å². The number of nitrogens with zero attached hydrogens (tertiary/aromatic N) is 1. The van der Waals surface area contributed by atoms with Crippen LogP contribution in [0.1, 0.15) is 30.8 Å². The first-order valence-corrected chi connectivity index (χ1v) is 8.83. The zero-order chi connectivity index (χ0) is 16.2. The molecule has 6 heteroatoms. The lowest BCUT2D eigenvalue weighted by atomic mass is 10.1. The molecule has 0 aliphatic rings. The summed E-state index contributed by atoms with van der Waals surface area (Å²) in [5.41, 5.74) is 2.01. The predicted molar refractivity (Wildman–Crippen MR) is 91.5 cm³/mol. The Morgan fingerprint density at radius 1 is 1.26 bits per heavy atom. The number of aryl methyl sites for hydroxylation is 1. The number of nitrogens with one attached hydrogen (secondary N) is 1. The van der Waals surface area contributed by atoms with Gasteiger partial charge < -0.3 is 5.32 Å². The maximum atomic E-state index is 13.0. The molecule has 0 spiro atoms. The molecular weight excluding hydrogens is 331 g/mol. The third-order valence-electron chi connectivity index (χ3n) is 3.36. The first-order chi connectivity index (χ1) is 11.1. The summed E-state index contributed by atoms with van der Waals surface area (Å²) in [6, 6.07) is 10.2. The Morgan fingerprint density at radius 3 is 2.74 bits per heavy atom. The van der Waals surface area contributed by atoms with Gasteiger partial charge >= 0.3 is 0 Å². The van der Waals surface area contributed by atoms with Gasteiger partial charge in [0, 0.05) is 11.3 Å². The molecule has 3 rings (SSSR count). The van der Waals surface area contributed by atoms with Crippen LogP contribution in [-0.2, 0) is 13.0 Å². The number of aromatic nitrogens is 1. The minimum Gasteiger partial charge on any atom is -0.345 e. The Hall–Kier alpha value is -2.05. The molecule has 0 aliphatic carbocycles. The second-order valence-electron chi connectivity index (χ2n) is 5.08. The monoisotopic (exact) mass is 346 g/mol. The van der Waals surface area contributed by atoms with Gasteiger partial charge in [-0.2, -0.15) is 0 Å². The number of benzene rings is 1. The molecule has 2 heterocycles. The fourth-order valence-corrected chi connectivity index (χ4v) is 3.85. The summed E-state index contributed by atoms with van der Waals surface area (Å²) in [6.07, 6.45) is 0.725. The Kier molecular flexibility index (Phi) is 4.83. The van der Waals surface area contributed by atoms with Crippen LogP contribution in [0.2, 0.25) is 0 Å². The Balaban J connectivity index is 1.64. The largest absolute Gasteiger partial charge is 0.345 e. The molecule has 1 N–H and O–H groups in total. The quantitative estimate of drug-likeness (QED) is 0.753. The van der Waals surface area contributed by atoms with Crippen LogP contribution in [0, 0.1) is 12.7 Å². The molecule has 2 aromatic heterocycles. The summed E-state index contributed by atoms with van der Waals surface area (Å²) >= 11 is 3.00. The van der Waals surface area contributed by atoms with Gasteiger partial charge in [0.15, 0.2) is 0 Å². The van der Waals surface area contributed by atoms with Gasteiger partial charge in [0.2, 0.25) is 0 Å². The van der Waals surface area contributed by atoms with Gasteiger partial charge in [0.05, 0.1) is 17.1 Å². The molecule has 0 unspecified atom stereocenters. The standard InChI is InChI=1S/C17H15FN2OS2/c1-11-15(9-12-4-6-13(18)7-5-12)23-16(20-11)10-19-17(21)14-3-2-8-22-14/h2-8H,9-10H2,1H3,(H,19,21). The molecule has 118 valence electrons. The number of amides is 1. The molecule has 0 saturated carbocycles. The molecule has 3 aromatic rings. The van der Waals surface area contributed by atoms with Crippen LogP contribution in [0.5, 0.6) is 0 Å². The number of thiazole rings is 1. The number of carbonyl (C=O) groups is 1. The van der Waals surface area contributed by atoms with E-state index < -0.39 is 0 Å². The van der Waals surface area contributed by atoms with Crippen molar-refractivity contribution in [3.63, 3.8) is 0 Å². The van der Waals surface area contributed by atoms with Gasteiger partial charge in [-0.15, -0.1) is 22.7 Å². The smallest absolute Gasteiger partial charge is 0.261 e. The van der Waals surface area contributed by atoms with E-state index in [9.17, 15) is 9.18 Å². The van der Waals surface area contributed by atoms with Gasteiger partial charge in [-0.05, 0) is 36.1 Å². The average molecular weight is 346 g/mol. The second kappa shape index (κ2) is 7.02. The number of rotatable bonds is 5. The van der Waals surface area contributed by atoms with Crippen molar-refractivity contribution < 1.29 is 9.18 Å². The highest BCUT2D eigenvalue weighted by molar-refractivity contribution is 7.12. The van der Waals surface area contributed by atoms with Crippen molar-refractivity contribution in [2.75, 3.05) is 0 Å². The van der Waals surface area contributed by atoms with Gasteiger partial charge in [-0.1, -0.05) is 18.2 Å². The minimum atomic E-state index is -0.230. The predicted octanol–water partition coefficient (Wildman–Crippen LogP) is 4.17. The summed E-state index contributed by atoms with van der Waals surface area (Å²) in [5, 5.41) is 5.64. The lowest BCUT2D eigenvalue weighted by Gasteiger charge is -2.00. The average Bonchev–Trinajstić information content (AvgIpc) is 3.18. The van der Waals surface area contributed by atoms with Crippen LogP contribution < -0.4 is 5.32 Å². The van der Waals surface area contributed by atoms with E-state index in [1.165, 1.54) is 23.5 Å². The van der Waals surface area contributed by atoms with Gasteiger partial charge in [0.25, 0.3) is 5.91 Å². The molecule has 0 radical (unpaired) electrons. The van der Waals surface area contributed by atoms with E-state index in [4.69, 9.17) is 0 Å². The minimum absolute atomic E-state index is 0.0760. The number of halogens is 1. The zero-order valence-electron chi connectivity index (χ0n) is 12.5. The SMILES string of the molecule is Cc1nc(CNC(=O)c2cccs2)sc1Cc1ccc(F)cc1. The van der Waals surface area contributed by atoms with Crippen LogP contribution in [0.3, 0.4) is 0 Å². The topological polar surface area (TPSA) is 42.0 Å². The molecular formula is C17H15FN2OS2. The van der Waals surface area contributed by atoms with Crippen molar-refractivity contribution in [3.8, 4) is 0 Å². The summed E-state index contributed by atoms with van der Waals surface area (Å²) in [4.78, 5) is 18.3. The molecule has 0 bridgehead atoms. The van der Waals surface area contributed by atoms with Gasteiger partial charge in [0.1, 0.15) is 10.8 Å². The zero-order valence-corrected chi connectivity index (χ0v) is 14.1. The van der Waals surface area contributed by atoms with Crippen LogP contribution in [0.4, 0.5) is 4.39 Å². The molecule has 3 nitrogen and oxygen atoms in total. The highest BCUT2D eigenvalue weighted by atomic mass is 32.1. The first kappa shape index (κ1) is 15.8. The van der Waals surface area contributed by atoms with Gasteiger partial charge in [-0.25, -0.2) is 9.37 Å². The van der Waals surface area contributed by atoms with Crippen LogP contribution in [0.25, 0.3) is 0 Å². The summed E-state index contributed by atoms with van der Waals surface area (Å²) in [7, 11) is 0. The number of thiophene rings is 1. The van der Waals surface area contributed by atoms with Crippen LogP contribution in [0.15, 0.2) is 41.8 Å². The lowest BCUT2D eigenvalue weighted by Crippen LogP contribution is -2.21. The third-order valence-corrected chi connectivity index (χ3v) is 5.39. The summed E-state index contributed by atoms with van der Waals surface area (Å²) in [6.45, 7) is 2.38. The number of hydrogen-bond acceptors (Lipinski definition) is 4. The van der Waals surface area contributed by atoms with Crippen molar-refractivity contribution in [2.24, 2.45) is 0 Å². The maximum Gasteiger partial charge on any atom is 0.261 e. The van der Waals surface area contributed by atoms with Crippen molar-refractivity contribution in [3.05, 3.63) is 73.6 Å². The molecule has 23 heavy (non-hydrogen) atoms. The lowest BCUT2D eigenvalue weighted by molar-refractivity contribution is 0.0955. The fraction of sp³-hybridized carbons (Fsp3) is 0.176. The van der Waals surface area contributed by atoms with Crippen LogP contribution >= 0.6 is 22.7 Å². The van der Waals surface area contributed by atoms with Crippen molar-refractivity contribution >= 4 is 28.6 Å². The fourth-order valence-electron chi connectivity index (χ4n) is 2.17. The second-order valence-corrected chi connectivity index (χ2v) is 7.20. The van der Waals surface area contributed by atoms with E-state index >= 15 is 0 Å². The number of hydrogen-bond donors (Lipinski definition) is 1. The molecule has 0 atom stereocenters. The molecule has 0 aliphatic heterocycles. The molecule has 0 fully saturated rings. The molecule has 0 saturated heterocycles. The van der Waals surface area contributed by atoms with Crippen LogP contribution in [-0.4, -0.2) is 10.9 Å². The van der Waals surface area contributed by atoms with Crippen molar-refractivity contribution in [1.82, 2.24) is 10.3 Å². The highest BCUT2D eigenvalue weighted by Gasteiger charge is 2.11. The first-order valence-electron chi connectivity index (χ1n) is 7.13. The normalized spacial score (nSPS) is 10.7. The third kappa shape index (κ3) is 4.03. The Morgan fingerprint density at radius 2 is 2.04 bits per heavy atom. The van der Waals surface area contributed by atoms with E-state index in [2.05, 4.69) is 10.3 Å². The van der Waals surface area contributed by atoms with E-state index in [1.807, 2.05) is 18.4 Å². The Bertz CT molecular complexity index is 795. The Labute approximate surface area is 141 Å². The van der Waals surface area contributed by atoms with E-state index in [1.54, 1.807) is 29.5 Å². The summed E-state index contributed by atoms with van der Waals surface area (Å²) in [5.74, 6) is -0.306. The number of carbonyl (C=O) groups excluding carboxylic acids is 1. The van der Waals surface area contributed by atoms with E-state index in [0.29, 0.717) is 11.4 Å².